The maximum Gasteiger partial charge on any atom is 0.0441 e. The Morgan fingerprint density at radius 1 is 1.44 bits per heavy atom. The lowest BCUT2D eigenvalue weighted by molar-refractivity contribution is 0.346. The van der Waals surface area contributed by atoms with Crippen LogP contribution in [-0.4, -0.2) is 40.9 Å². The van der Waals surface area contributed by atoms with Gasteiger partial charge >= 0.3 is 0 Å². The van der Waals surface area contributed by atoms with E-state index in [0.29, 0.717) is 12.1 Å². The molecular formula is C12H26N2OS. The van der Waals surface area contributed by atoms with E-state index in [0.717, 1.165) is 6.54 Å². The minimum atomic E-state index is -0.712. The number of nitrogens with one attached hydrogen (secondary N) is 2. The van der Waals surface area contributed by atoms with E-state index in [1.54, 1.807) is 6.26 Å². The summed E-state index contributed by atoms with van der Waals surface area (Å²) < 4.78 is 11.2. The minimum Gasteiger partial charge on any atom is -0.314 e. The molecule has 1 fully saturated rings. The molecule has 0 saturated carbocycles. The predicted molar refractivity (Wildman–Crippen MR) is 71.3 cm³/mol. The highest BCUT2D eigenvalue weighted by molar-refractivity contribution is 7.84. The molecule has 96 valence electrons. The molecule has 3 nitrogen and oxygen atoms in total. The Kier molecular flexibility index (Phi) is 6.54. The third-order valence-corrected chi connectivity index (χ3v) is 4.67. The Bertz CT molecular complexity index is 217. The summed E-state index contributed by atoms with van der Waals surface area (Å²) in [5.74, 6) is 0. The van der Waals surface area contributed by atoms with Crippen LogP contribution in [0.1, 0.15) is 39.5 Å². The summed E-state index contributed by atoms with van der Waals surface area (Å²) in [7, 11) is -0.712. The Hall–Kier alpha value is 0.0700. The third-order valence-electron chi connectivity index (χ3n) is 3.37. The van der Waals surface area contributed by atoms with Crippen LogP contribution < -0.4 is 10.6 Å². The highest BCUT2D eigenvalue weighted by Crippen LogP contribution is 2.11. The molecule has 0 aromatic rings. The maximum atomic E-state index is 11.2. The molecule has 4 unspecified atom stereocenters. The first-order chi connectivity index (χ1) is 7.59. The molecule has 4 heteroatoms. The van der Waals surface area contributed by atoms with Gasteiger partial charge in [0.1, 0.15) is 0 Å². The lowest BCUT2D eigenvalue weighted by Crippen LogP contribution is -2.41. The van der Waals surface area contributed by atoms with Crippen LogP contribution in [0.25, 0.3) is 0 Å². The number of rotatable bonds is 6. The lowest BCUT2D eigenvalue weighted by Gasteiger charge is -2.27. The zero-order valence-electron chi connectivity index (χ0n) is 10.8. The molecular weight excluding hydrogens is 220 g/mol. The molecule has 0 bridgehead atoms. The van der Waals surface area contributed by atoms with Crippen LogP contribution in [0.5, 0.6) is 0 Å². The standard InChI is InChI=1S/C12H26N2OS/c1-10(14-9-11(2)16(3)15)8-12-6-4-5-7-13-12/h10-14H,4-9H2,1-3H3. The van der Waals surface area contributed by atoms with E-state index in [-0.39, 0.29) is 5.25 Å². The number of piperidine rings is 1. The fourth-order valence-corrected chi connectivity index (χ4v) is 2.45. The van der Waals surface area contributed by atoms with E-state index in [1.807, 2.05) is 6.92 Å². The van der Waals surface area contributed by atoms with Crippen LogP contribution in [0.3, 0.4) is 0 Å². The minimum absolute atomic E-state index is 0.252. The second kappa shape index (κ2) is 7.41. The molecule has 16 heavy (non-hydrogen) atoms. The van der Waals surface area contributed by atoms with Crippen molar-refractivity contribution in [1.29, 1.82) is 0 Å². The van der Waals surface area contributed by atoms with E-state index in [2.05, 4.69) is 17.6 Å². The summed E-state index contributed by atoms with van der Waals surface area (Å²) in [6.07, 6.45) is 6.95. The van der Waals surface area contributed by atoms with Gasteiger partial charge in [0, 0.05) is 40.9 Å². The molecule has 1 saturated heterocycles. The predicted octanol–water partition coefficient (Wildman–Crippen LogP) is 1.26. The molecule has 0 aliphatic carbocycles. The van der Waals surface area contributed by atoms with Gasteiger partial charge in [0.05, 0.1) is 0 Å². The topological polar surface area (TPSA) is 41.1 Å². The van der Waals surface area contributed by atoms with Gasteiger partial charge in [-0.05, 0) is 39.7 Å². The van der Waals surface area contributed by atoms with Gasteiger partial charge in [0.25, 0.3) is 0 Å². The number of hydrogen-bond acceptors (Lipinski definition) is 3. The summed E-state index contributed by atoms with van der Waals surface area (Å²) >= 11 is 0. The molecule has 0 radical (unpaired) electrons. The first kappa shape index (κ1) is 14.1. The quantitative estimate of drug-likeness (QED) is 0.741. The van der Waals surface area contributed by atoms with E-state index < -0.39 is 10.8 Å². The van der Waals surface area contributed by atoms with Crippen molar-refractivity contribution in [3.05, 3.63) is 0 Å². The van der Waals surface area contributed by atoms with Crippen molar-refractivity contribution in [2.45, 2.75) is 56.9 Å². The van der Waals surface area contributed by atoms with Crippen LogP contribution >= 0.6 is 0 Å². The average molecular weight is 246 g/mol. The molecule has 1 heterocycles. The van der Waals surface area contributed by atoms with Gasteiger partial charge in [0.15, 0.2) is 0 Å². The van der Waals surface area contributed by atoms with Crippen molar-refractivity contribution < 1.29 is 4.21 Å². The molecule has 2 N–H and O–H groups in total. The fraction of sp³-hybridized carbons (Fsp3) is 1.00. The van der Waals surface area contributed by atoms with Gasteiger partial charge in [0.2, 0.25) is 0 Å². The summed E-state index contributed by atoms with van der Waals surface area (Å²) in [6, 6.07) is 1.19. The van der Waals surface area contributed by atoms with E-state index in [9.17, 15) is 4.21 Å². The zero-order chi connectivity index (χ0) is 12.0. The Labute approximate surface area is 102 Å². The summed E-state index contributed by atoms with van der Waals surface area (Å²) in [4.78, 5) is 0. The Morgan fingerprint density at radius 2 is 2.19 bits per heavy atom. The van der Waals surface area contributed by atoms with Crippen molar-refractivity contribution in [2.24, 2.45) is 0 Å². The van der Waals surface area contributed by atoms with Gasteiger partial charge in [-0.2, -0.15) is 0 Å². The second-order valence-electron chi connectivity index (χ2n) is 5.00. The second-order valence-corrected chi connectivity index (χ2v) is 6.80. The molecule has 0 spiro atoms. The first-order valence-corrected chi connectivity index (χ1v) is 8.00. The largest absolute Gasteiger partial charge is 0.314 e. The Balaban J connectivity index is 2.14. The van der Waals surface area contributed by atoms with Gasteiger partial charge in [-0.1, -0.05) is 6.42 Å². The van der Waals surface area contributed by atoms with Crippen LogP contribution in [0.15, 0.2) is 0 Å². The van der Waals surface area contributed by atoms with Gasteiger partial charge in [-0.3, -0.25) is 4.21 Å². The summed E-state index contributed by atoms with van der Waals surface area (Å²) in [5.41, 5.74) is 0. The molecule has 1 aliphatic heterocycles. The normalized spacial score (nSPS) is 27.3. The van der Waals surface area contributed by atoms with Crippen LogP contribution in [0.4, 0.5) is 0 Å². The number of hydrogen-bond donors (Lipinski definition) is 2. The van der Waals surface area contributed by atoms with Crippen molar-refractivity contribution in [2.75, 3.05) is 19.3 Å². The van der Waals surface area contributed by atoms with Crippen molar-refractivity contribution >= 4 is 10.8 Å². The summed E-state index contributed by atoms with van der Waals surface area (Å²) in [6.45, 7) is 6.29. The summed E-state index contributed by atoms with van der Waals surface area (Å²) in [5, 5.41) is 7.29. The van der Waals surface area contributed by atoms with Gasteiger partial charge in [-0.25, -0.2) is 0 Å². The molecule has 1 rings (SSSR count). The Morgan fingerprint density at radius 3 is 2.75 bits per heavy atom. The first-order valence-electron chi connectivity index (χ1n) is 6.38. The molecule has 0 amide bonds. The van der Waals surface area contributed by atoms with Crippen LogP contribution in [0, 0.1) is 0 Å². The van der Waals surface area contributed by atoms with Crippen molar-refractivity contribution in [1.82, 2.24) is 10.6 Å². The highest BCUT2D eigenvalue weighted by Gasteiger charge is 2.16. The van der Waals surface area contributed by atoms with Gasteiger partial charge < -0.3 is 10.6 Å². The fourth-order valence-electron chi connectivity index (χ4n) is 2.12. The van der Waals surface area contributed by atoms with Gasteiger partial charge in [-0.15, -0.1) is 0 Å². The zero-order valence-corrected chi connectivity index (χ0v) is 11.6. The molecule has 1 aliphatic rings. The lowest BCUT2D eigenvalue weighted by atomic mass is 9.99. The monoisotopic (exact) mass is 246 g/mol. The third kappa shape index (κ3) is 5.41. The SMILES string of the molecule is CC(CC1CCCCN1)NCC(C)S(C)=O. The highest BCUT2D eigenvalue weighted by atomic mass is 32.2. The molecule has 0 aromatic heterocycles. The molecule has 0 aromatic carbocycles. The van der Waals surface area contributed by atoms with Crippen molar-refractivity contribution in [3.8, 4) is 0 Å². The average Bonchev–Trinajstić information content (AvgIpc) is 2.27. The van der Waals surface area contributed by atoms with Crippen LogP contribution in [-0.2, 0) is 10.8 Å². The smallest absolute Gasteiger partial charge is 0.0441 e. The van der Waals surface area contributed by atoms with E-state index in [1.165, 1.54) is 32.2 Å². The molecule has 4 atom stereocenters. The van der Waals surface area contributed by atoms with E-state index >= 15 is 0 Å². The van der Waals surface area contributed by atoms with Crippen molar-refractivity contribution in [3.63, 3.8) is 0 Å². The maximum absolute atomic E-state index is 11.2. The van der Waals surface area contributed by atoms with E-state index in [4.69, 9.17) is 0 Å². The van der Waals surface area contributed by atoms with Crippen LogP contribution in [0.2, 0.25) is 0 Å².